The van der Waals surface area contributed by atoms with Crippen LogP contribution in [0.5, 0.6) is 0 Å². The number of aliphatic hydroxyl groups excluding tert-OH is 1. The van der Waals surface area contributed by atoms with Gasteiger partial charge in [-0.05, 0) is 29.4 Å². The molecule has 3 N–H and O–H groups in total. The Balaban J connectivity index is 1.67. The first-order valence-electron chi connectivity index (χ1n) is 8.22. The van der Waals surface area contributed by atoms with Crippen molar-refractivity contribution in [3.63, 3.8) is 0 Å². The number of hydrogen-bond donors (Lipinski definition) is 2. The average molecular weight is 410 g/mol. The third-order valence-electron chi connectivity index (χ3n) is 3.97. The first-order valence-corrected chi connectivity index (χ1v) is 10.0. The summed E-state index contributed by atoms with van der Waals surface area (Å²) in [7, 11) is 0. The Labute approximate surface area is 167 Å². The maximum absolute atomic E-state index is 12.4. The molecule has 2 heterocycles. The lowest BCUT2D eigenvalue weighted by atomic mass is 10.1. The van der Waals surface area contributed by atoms with Gasteiger partial charge in [0.05, 0.1) is 5.56 Å². The molecule has 2 aromatic heterocycles. The average Bonchev–Trinajstić information content (AvgIpc) is 3.10. The van der Waals surface area contributed by atoms with E-state index in [2.05, 4.69) is 10.1 Å². The molecule has 0 amide bonds. The summed E-state index contributed by atoms with van der Waals surface area (Å²) in [5, 5.41) is 14.0. The quantitative estimate of drug-likeness (QED) is 0.636. The summed E-state index contributed by atoms with van der Waals surface area (Å²) in [5.74, 6) is 0.0127. The lowest BCUT2D eigenvalue weighted by Gasteiger charge is -2.05. The predicted octanol–water partition coefficient (Wildman–Crippen LogP) is 2.99. The molecule has 140 valence electrons. The van der Waals surface area contributed by atoms with Crippen LogP contribution >= 0.6 is 23.1 Å². The molecule has 3 aromatic rings. The molecule has 0 unspecified atom stereocenters. The maximum Gasteiger partial charge on any atom is 0.283 e. The number of allylic oxidation sites excluding steroid dienone is 4. The number of benzene rings is 1. The van der Waals surface area contributed by atoms with Crippen molar-refractivity contribution in [1.29, 1.82) is 0 Å². The molecule has 7 nitrogen and oxygen atoms in total. The number of nitrogens with two attached hydrogens (primary N) is 1. The summed E-state index contributed by atoms with van der Waals surface area (Å²) < 4.78 is 2.18. The van der Waals surface area contributed by atoms with Gasteiger partial charge < -0.3 is 10.8 Å². The second kappa shape index (κ2) is 7.45. The zero-order valence-electron chi connectivity index (χ0n) is 14.4. The van der Waals surface area contributed by atoms with Crippen LogP contribution in [-0.4, -0.2) is 25.5 Å². The van der Waals surface area contributed by atoms with E-state index in [0.29, 0.717) is 10.5 Å². The van der Waals surface area contributed by atoms with Crippen molar-refractivity contribution < 1.29 is 9.90 Å². The van der Waals surface area contributed by atoms with E-state index < -0.39 is 17.1 Å². The SMILES string of the molecule is Nc1c(C=C2C=CC(=O)C(O)=C2)c(=O)nc2sc(SCc3ccccc3)nn12. The van der Waals surface area contributed by atoms with E-state index in [-0.39, 0.29) is 11.4 Å². The molecule has 0 aliphatic heterocycles. The molecule has 0 saturated carbocycles. The van der Waals surface area contributed by atoms with Gasteiger partial charge in [-0.1, -0.05) is 59.5 Å². The number of ketones is 1. The fourth-order valence-corrected chi connectivity index (χ4v) is 4.46. The number of nitrogens with zero attached hydrogens (tertiary/aromatic N) is 3. The summed E-state index contributed by atoms with van der Waals surface area (Å²) in [5.41, 5.74) is 7.45. The molecular formula is C19H14N4O3S2. The highest BCUT2D eigenvalue weighted by atomic mass is 32.2. The molecule has 0 fully saturated rings. The van der Waals surface area contributed by atoms with Crippen molar-refractivity contribution in [2.75, 3.05) is 5.73 Å². The summed E-state index contributed by atoms with van der Waals surface area (Å²) in [4.78, 5) is 28.2. The van der Waals surface area contributed by atoms with E-state index in [4.69, 9.17) is 5.73 Å². The lowest BCUT2D eigenvalue weighted by molar-refractivity contribution is -0.113. The van der Waals surface area contributed by atoms with Crippen LogP contribution in [0.2, 0.25) is 0 Å². The maximum atomic E-state index is 12.4. The minimum Gasteiger partial charge on any atom is -0.504 e. The van der Waals surface area contributed by atoms with Gasteiger partial charge in [-0.15, -0.1) is 5.10 Å². The first kappa shape index (κ1) is 18.2. The van der Waals surface area contributed by atoms with Crippen LogP contribution in [-0.2, 0) is 10.5 Å². The second-order valence-corrected chi connectivity index (χ2v) is 8.10. The number of anilines is 1. The molecule has 28 heavy (non-hydrogen) atoms. The standard InChI is InChI=1S/C19H14N4O3S2/c20-16-13(8-12-6-7-14(24)15(25)9-12)17(26)21-18-23(16)22-19(28-18)27-10-11-4-2-1-3-5-11/h1-9,25H,10,20H2. The Morgan fingerprint density at radius 3 is 2.75 bits per heavy atom. The number of thioether (sulfide) groups is 1. The lowest BCUT2D eigenvalue weighted by Crippen LogP contribution is -2.17. The van der Waals surface area contributed by atoms with Crippen LogP contribution in [0.3, 0.4) is 0 Å². The van der Waals surface area contributed by atoms with Crippen molar-refractivity contribution in [2.45, 2.75) is 10.1 Å². The van der Waals surface area contributed by atoms with E-state index in [9.17, 15) is 14.7 Å². The zero-order chi connectivity index (χ0) is 19.7. The van der Waals surface area contributed by atoms with Crippen LogP contribution in [0.15, 0.2) is 69.0 Å². The topological polar surface area (TPSA) is 111 Å². The van der Waals surface area contributed by atoms with Gasteiger partial charge in [-0.3, -0.25) is 9.59 Å². The number of nitrogen functional groups attached to an aromatic ring is 1. The van der Waals surface area contributed by atoms with Crippen molar-refractivity contribution in [1.82, 2.24) is 14.6 Å². The molecule has 0 saturated heterocycles. The van der Waals surface area contributed by atoms with Gasteiger partial charge in [0.25, 0.3) is 5.56 Å². The molecule has 0 spiro atoms. The van der Waals surface area contributed by atoms with Gasteiger partial charge in [0.15, 0.2) is 10.1 Å². The van der Waals surface area contributed by atoms with Crippen LogP contribution in [0.1, 0.15) is 11.1 Å². The molecule has 1 aliphatic carbocycles. The summed E-state index contributed by atoms with van der Waals surface area (Å²) >= 11 is 2.83. The third kappa shape index (κ3) is 3.62. The van der Waals surface area contributed by atoms with Gasteiger partial charge in [0.1, 0.15) is 5.82 Å². The molecule has 1 aliphatic rings. The zero-order valence-corrected chi connectivity index (χ0v) is 16.0. The first-order chi connectivity index (χ1) is 13.5. The van der Waals surface area contributed by atoms with Gasteiger partial charge in [-0.2, -0.15) is 9.50 Å². The third-order valence-corrected chi connectivity index (χ3v) is 6.09. The number of carbonyl (C=O) groups excluding carboxylic acids is 1. The van der Waals surface area contributed by atoms with Crippen molar-refractivity contribution in [3.8, 4) is 0 Å². The fourth-order valence-electron chi connectivity index (χ4n) is 2.57. The Morgan fingerprint density at radius 2 is 2.00 bits per heavy atom. The van der Waals surface area contributed by atoms with E-state index in [1.807, 2.05) is 30.3 Å². The number of aromatic nitrogens is 3. The van der Waals surface area contributed by atoms with Crippen molar-refractivity contribution >= 4 is 45.7 Å². The highest BCUT2D eigenvalue weighted by Gasteiger charge is 2.15. The van der Waals surface area contributed by atoms with Crippen molar-refractivity contribution in [2.24, 2.45) is 0 Å². The van der Waals surface area contributed by atoms with Crippen LogP contribution < -0.4 is 11.3 Å². The van der Waals surface area contributed by atoms with E-state index in [0.717, 1.165) is 15.7 Å². The number of fused-ring (bicyclic) bond motifs is 1. The molecule has 0 radical (unpaired) electrons. The minimum atomic E-state index is -0.494. The Hall–Kier alpha value is -3.17. The molecule has 0 atom stereocenters. The molecule has 0 bridgehead atoms. The molecule has 1 aromatic carbocycles. The van der Waals surface area contributed by atoms with Crippen LogP contribution in [0.25, 0.3) is 11.0 Å². The number of aliphatic hydroxyl groups is 1. The Bertz CT molecular complexity index is 1220. The van der Waals surface area contributed by atoms with Gasteiger partial charge >= 0.3 is 0 Å². The van der Waals surface area contributed by atoms with Crippen molar-refractivity contribution in [3.05, 3.63) is 81.4 Å². The van der Waals surface area contributed by atoms with E-state index >= 15 is 0 Å². The van der Waals surface area contributed by atoms with Crippen LogP contribution in [0, 0.1) is 0 Å². The van der Waals surface area contributed by atoms with Gasteiger partial charge in [0, 0.05) is 5.75 Å². The van der Waals surface area contributed by atoms with Crippen LogP contribution in [0.4, 0.5) is 5.82 Å². The van der Waals surface area contributed by atoms with E-state index in [1.165, 1.54) is 51.9 Å². The second-order valence-electron chi connectivity index (χ2n) is 5.92. The normalized spacial score (nSPS) is 15.4. The van der Waals surface area contributed by atoms with Gasteiger partial charge in [0.2, 0.25) is 10.7 Å². The molecular weight excluding hydrogens is 396 g/mol. The highest BCUT2D eigenvalue weighted by molar-refractivity contribution is 8.00. The number of hydrogen-bond acceptors (Lipinski definition) is 8. The van der Waals surface area contributed by atoms with E-state index in [1.54, 1.807) is 0 Å². The Kier molecular flexibility index (Phi) is 4.84. The smallest absolute Gasteiger partial charge is 0.283 e. The number of rotatable bonds is 4. The summed E-state index contributed by atoms with van der Waals surface area (Å²) in [6, 6.07) is 9.98. The van der Waals surface area contributed by atoms with Gasteiger partial charge in [-0.25, -0.2) is 0 Å². The fraction of sp³-hybridized carbons (Fsp3) is 0.0526. The summed E-state index contributed by atoms with van der Waals surface area (Å²) in [6.45, 7) is 0. The predicted molar refractivity (Wildman–Crippen MR) is 110 cm³/mol. The highest BCUT2D eigenvalue weighted by Crippen LogP contribution is 2.28. The monoisotopic (exact) mass is 410 g/mol. The molecule has 4 rings (SSSR count). The Morgan fingerprint density at radius 1 is 1.21 bits per heavy atom. The summed E-state index contributed by atoms with van der Waals surface area (Å²) in [6.07, 6.45) is 5.48. The minimum absolute atomic E-state index is 0.153. The molecule has 9 heteroatoms. The number of carbonyl (C=O) groups is 1. The largest absolute Gasteiger partial charge is 0.504 e.